The van der Waals surface area contributed by atoms with Gasteiger partial charge in [0.05, 0.1) is 6.10 Å². The van der Waals surface area contributed by atoms with Crippen LogP contribution in [0.4, 0.5) is 0 Å². The molecule has 7 N–H and O–H groups in total. The van der Waals surface area contributed by atoms with Gasteiger partial charge >= 0.3 is 17.9 Å². The molecule has 0 radical (unpaired) electrons. The van der Waals surface area contributed by atoms with Gasteiger partial charge < -0.3 is 50.0 Å². The van der Waals surface area contributed by atoms with E-state index in [4.69, 9.17) is 14.2 Å². The average Bonchev–Trinajstić information content (AvgIpc) is 2.91. The first-order valence-corrected chi connectivity index (χ1v) is 12.3. The van der Waals surface area contributed by atoms with E-state index in [0.29, 0.717) is 11.1 Å². The van der Waals surface area contributed by atoms with E-state index in [0.717, 1.165) is 12.2 Å². The van der Waals surface area contributed by atoms with Gasteiger partial charge in [-0.2, -0.15) is 0 Å². The number of hydrogen-bond donors (Lipinski definition) is 7. The molecule has 0 heterocycles. The summed E-state index contributed by atoms with van der Waals surface area (Å²) in [4.78, 5) is 37.7. The van der Waals surface area contributed by atoms with Crippen molar-refractivity contribution < 1.29 is 64.3 Å². The molecule has 0 amide bonds. The molecule has 1 unspecified atom stereocenters. The second-order valence-corrected chi connectivity index (χ2v) is 9.49. The summed E-state index contributed by atoms with van der Waals surface area (Å²) >= 11 is 0. The molecule has 1 aliphatic carbocycles. The van der Waals surface area contributed by atoms with Crippen LogP contribution >= 0.6 is 0 Å². The van der Waals surface area contributed by atoms with E-state index in [1.165, 1.54) is 55.5 Å². The lowest BCUT2D eigenvalue weighted by Gasteiger charge is -2.41. The minimum Gasteiger partial charge on any atom is -0.504 e. The highest BCUT2D eigenvalue weighted by molar-refractivity contribution is 5.88. The van der Waals surface area contributed by atoms with Crippen LogP contribution in [0.25, 0.3) is 12.2 Å². The molecule has 2 aromatic rings. The smallest absolute Gasteiger partial charge is 0.338 e. The number of phenolic OH excluding ortho intramolecular Hbond substituents is 4. The number of esters is 3. The summed E-state index contributed by atoms with van der Waals surface area (Å²) in [6.07, 6.45) is -2.71. The van der Waals surface area contributed by atoms with Crippen molar-refractivity contribution in [2.45, 2.75) is 49.8 Å². The molecule has 1 saturated carbocycles. The molecule has 0 spiro atoms. The van der Waals surface area contributed by atoms with Crippen LogP contribution in [-0.2, 0) is 28.6 Å². The molecule has 3 atom stereocenters. The summed E-state index contributed by atoms with van der Waals surface area (Å²) in [6.45, 7) is 0.889. The van der Waals surface area contributed by atoms with E-state index in [9.17, 15) is 50.1 Å². The van der Waals surface area contributed by atoms with Crippen LogP contribution in [0.1, 0.15) is 30.9 Å². The summed E-state index contributed by atoms with van der Waals surface area (Å²) in [5.41, 5.74) is -1.73. The number of benzene rings is 2. The Labute approximate surface area is 233 Å². The van der Waals surface area contributed by atoms with Gasteiger partial charge in [-0.25, -0.2) is 14.4 Å². The number of hydrogen-bond acceptors (Lipinski definition) is 13. The predicted molar refractivity (Wildman–Crippen MR) is 140 cm³/mol. The number of phenols is 4. The van der Waals surface area contributed by atoms with Crippen LogP contribution < -0.4 is 0 Å². The molecule has 13 heteroatoms. The number of ether oxygens (including phenoxy) is 3. The number of rotatable bonds is 9. The van der Waals surface area contributed by atoms with Crippen molar-refractivity contribution in [3.05, 3.63) is 59.7 Å². The number of aliphatic hydroxyl groups excluding tert-OH is 2. The van der Waals surface area contributed by atoms with Crippen molar-refractivity contribution >= 4 is 30.1 Å². The van der Waals surface area contributed by atoms with E-state index >= 15 is 0 Å². The Kier molecular flexibility index (Phi) is 9.94. The quantitative estimate of drug-likeness (QED) is 0.0957. The lowest BCUT2D eigenvalue weighted by molar-refractivity contribution is -0.207. The van der Waals surface area contributed by atoms with Gasteiger partial charge in [-0.1, -0.05) is 12.1 Å². The number of carbonyl (C=O) groups excluding carboxylic acids is 3. The van der Waals surface area contributed by atoms with Gasteiger partial charge in [0, 0.05) is 25.0 Å². The second-order valence-electron chi connectivity index (χ2n) is 9.49. The molecule has 2 aromatic carbocycles. The van der Waals surface area contributed by atoms with Gasteiger partial charge in [0.25, 0.3) is 0 Å². The van der Waals surface area contributed by atoms with E-state index in [-0.39, 0.29) is 11.5 Å². The first kappa shape index (κ1) is 30.9. The summed E-state index contributed by atoms with van der Waals surface area (Å²) in [5.74, 6) is -4.81. The van der Waals surface area contributed by atoms with Gasteiger partial charge in [-0.15, -0.1) is 0 Å². The fourth-order valence-electron chi connectivity index (χ4n) is 3.94. The first-order valence-electron chi connectivity index (χ1n) is 12.3. The summed E-state index contributed by atoms with van der Waals surface area (Å²) in [5, 5.41) is 69.3. The average molecular weight is 575 g/mol. The fourth-order valence-corrected chi connectivity index (χ4v) is 3.94. The van der Waals surface area contributed by atoms with Crippen molar-refractivity contribution in [2.24, 2.45) is 0 Å². The predicted octanol–water partition coefficient (Wildman–Crippen LogP) is 0.869. The zero-order valence-electron chi connectivity index (χ0n) is 21.8. The van der Waals surface area contributed by atoms with Crippen LogP contribution in [0.2, 0.25) is 0 Å². The molecule has 0 bridgehead atoms. The van der Waals surface area contributed by atoms with Gasteiger partial charge in [0.2, 0.25) is 0 Å². The highest BCUT2D eigenvalue weighted by Crippen LogP contribution is 2.34. The monoisotopic (exact) mass is 574 g/mol. The van der Waals surface area contributed by atoms with Gasteiger partial charge in [-0.05, 0) is 54.5 Å². The Morgan fingerprint density at radius 1 is 0.854 bits per heavy atom. The Morgan fingerprint density at radius 3 is 1.68 bits per heavy atom. The Bertz CT molecular complexity index is 1240. The number of carbonyl (C=O) groups is 3. The van der Waals surface area contributed by atoms with Crippen LogP contribution in [0, 0.1) is 0 Å². The molecular formula is C28H30O13. The second kappa shape index (κ2) is 13.2. The molecule has 41 heavy (non-hydrogen) atoms. The maximum atomic E-state index is 12.7. The molecule has 3 rings (SSSR count). The summed E-state index contributed by atoms with van der Waals surface area (Å²) in [7, 11) is 0. The summed E-state index contributed by atoms with van der Waals surface area (Å²) in [6, 6.07) is 7.54. The number of aliphatic hydroxyl groups is 3. The van der Waals surface area contributed by atoms with Gasteiger partial charge in [0.1, 0.15) is 24.9 Å². The van der Waals surface area contributed by atoms with E-state index in [1.54, 1.807) is 0 Å². The van der Waals surface area contributed by atoms with Gasteiger partial charge in [0.15, 0.2) is 28.6 Å². The number of aromatic hydroxyl groups is 4. The topological polar surface area (TPSA) is 221 Å². The minimum absolute atomic E-state index is 0.320. The van der Waals surface area contributed by atoms with E-state index < -0.39 is 78.9 Å². The van der Waals surface area contributed by atoms with Crippen LogP contribution in [0.3, 0.4) is 0 Å². The largest absolute Gasteiger partial charge is 0.504 e. The Morgan fingerprint density at radius 2 is 1.29 bits per heavy atom. The Balaban J connectivity index is 1.77. The molecule has 1 fully saturated rings. The molecular weight excluding hydrogens is 544 g/mol. The molecule has 0 aromatic heterocycles. The third kappa shape index (κ3) is 8.45. The zero-order valence-corrected chi connectivity index (χ0v) is 21.8. The molecule has 0 aliphatic heterocycles. The minimum atomic E-state index is -2.37. The van der Waals surface area contributed by atoms with Crippen molar-refractivity contribution in [2.75, 3.05) is 6.61 Å². The first-order chi connectivity index (χ1) is 19.3. The zero-order chi connectivity index (χ0) is 30.3. The van der Waals surface area contributed by atoms with E-state index in [2.05, 4.69) is 0 Å². The maximum absolute atomic E-state index is 12.7. The SMILES string of the molecule is CC(O)COC(=O)[C@]1(O)C[C@@H](OC(=O)/C=C/c2ccc(O)c(O)c2)[C@@H](O)[C@H](OC(=O)/C=C/c2ccc(O)c(O)c2)C1. The van der Waals surface area contributed by atoms with Crippen molar-refractivity contribution in [3.63, 3.8) is 0 Å². The Hall–Kier alpha value is -4.59. The summed E-state index contributed by atoms with van der Waals surface area (Å²) < 4.78 is 15.4. The lowest BCUT2D eigenvalue weighted by atomic mass is 9.79. The van der Waals surface area contributed by atoms with Crippen molar-refractivity contribution in [3.8, 4) is 23.0 Å². The van der Waals surface area contributed by atoms with Gasteiger partial charge in [-0.3, -0.25) is 0 Å². The van der Waals surface area contributed by atoms with Crippen molar-refractivity contribution in [1.29, 1.82) is 0 Å². The van der Waals surface area contributed by atoms with Crippen molar-refractivity contribution in [1.82, 2.24) is 0 Å². The highest BCUT2D eigenvalue weighted by atomic mass is 16.6. The molecule has 220 valence electrons. The van der Waals surface area contributed by atoms with Crippen LogP contribution in [0.15, 0.2) is 48.6 Å². The molecule has 13 nitrogen and oxygen atoms in total. The fraction of sp³-hybridized carbons (Fsp3) is 0.321. The van der Waals surface area contributed by atoms with E-state index in [1.807, 2.05) is 0 Å². The van der Waals surface area contributed by atoms with Crippen LogP contribution in [0.5, 0.6) is 23.0 Å². The maximum Gasteiger partial charge on any atom is 0.338 e. The normalized spacial score (nSPS) is 23.3. The third-order valence-corrected chi connectivity index (χ3v) is 6.03. The third-order valence-electron chi connectivity index (χ3n) is 6.03. The molecule has 0 saturated heterocycles. The lowest BCUT2D eigenvalue weighted by Crippen LogP contribution is -2.58. The highest BCUT2D eigenvalue weighted by Gasteiger charge is 2.53. The standard InChI is InChI=1S/C28H30O13/c1-15(29)14-39-27(37)28(38)12-22(40-24(34)8-4-16-2-6-18(30)20(32)10-16)26(36)23(13-28)41-25(35)9-5-17-3-7-19(31)21(33)11-17/h2-11,15,22-23,26,29-33,36,38H,12-14H2,1H3/b8-4+,9-5+/t15?,22-,23-,26-,28+/m1/s1. The van der Waals surface area contributed by atoms with Crippen LogP contribution in [-0.4, -0.2) is 90.3 Å². The molecule has 1 aliphatic rings.